The molecular weight excluding hydrogens is 408 g/mol. The maximum atomic E-state index is 12.5. The smallest absolute Gasteiger partial charge is 0.223 e. The number of fused-ring (bicyclic) bond motifs is 1. The second-order valence-electron chi connectivity index (χ2n) is 8.39. The summed E-state index contributed by atoms with van der Waals surface area (Å²) in [4.78, 5) is 32.8. The molecule has 2 aliphatic heterocycles. The number of thiophene rings is 1. The van der Waals surface area contributed by atoms with Crippen molar-refractivity contribution >= 4 is 23.2 Å². The standard InChI is InChI=1S/C24H32N4O2S/c29-23(6-7-24(30)28-11-8-22-21(19-28)9-17-31-22)25-10-12-26-13-15-27(16-14-26)18-20-4-2-1-3-5-20/h1-5,9,17H,6-8,10-16,18-19H2,(H,25,29). The molecule has 1 aromatic heterocycles. The van der Waals surface area contributed by atoms with Gasteiger partial charge < -0.3 is 10.2 Å². The van der Waals surface area contributed by atoms with Crippen LogP contribution in [0, 0.1) is 0 Å². The lowest BCUT2D eigenvalue weighted by atomic mass is 10.1. The van der Waals surface area contributed by atoms with Gasteiger partial charge >= 0.3 is 0 Å². The van der Waals surface area contributed by atoms with Gasteiger partial charge in [0.05, 0.1) is 0 Å². The average Bonchev–Trinajstić information content (AvgIpc) is 3.27. The van der Waals surface area contributed by atoms with E-state index in [9.17, 15) is 9.59 Å². The van der Waals surface area contributed by atoms with E-state index in [1.165, 1.54) is 16.0 Å². The second-order valence-corrected chi connectivity index (χ2v) is 9.39. The van der Waals surface area contributed by atoms with Crippen LogP contribution in [0.25, 0.3) is 0 Å². The summed E-state index contributed by atoms with van der Waals surface area (Å²) in [5.74, 6) is 0.0610. The summed E-state index contributed by atoms with van der Waals surface area (Å²) in [6.45, 7) is 8.14. The highest BCUT2D eigenvalue weighted by Gasteiger charge is 2.22. The van der Waals surface area contributed by atoms with Crippen molar-refractivity contribution in [3.8, 4) is 0 Å². The lowest BCUT2D eigenvalue weighted by Crippen LogP contribution is -2.48. The Morgan fingerprint density at radius 3 is 2.52 bits per heavy atom. The molecule has 0 aliphatic carbocycles. The van der Waals surface area contributed by atoms with Crippen LogP contribution in [0.15, 0.2) is 41.8 Å². The minimum Gasteiger partial charge on any atom is -0.355 e. The van der Waals surface area contributed by atoms with E-state index in [-0.39, 0.29) is 18.2 Å². The first kappa shape index (κ1) is 22.0. The molecule has 6 nitrogen and oxygen atoms in total. The fourth-order valence-corrected chi connectivity index (χ4v) is 5.18. The van der Waals surface area contributed by atoms with E-state index in [0.717, 1.165) is 52.2 Å². The van der Waals surface area contributed by atoms with Crippen LogP contribution in [0.2, 0.25) is 0 Å². The van der Waals surface area contributed by atoms with E-state index in [1.54, 1.807) is 11.3 Å². The van der Waals surface area contributed by atoms with Crippen molar-refractivity contribution in [1.82, 2.24) is 20.0 Å². The molecule has 0 spiro atoms. The number of rotatable bonds is 8. The van der Waals surface area contributed by atoms with Gasteiger partial charge in [-0.05, 0) is 29.0 Å². The SMILES string of the molecule is O=C(CCC(=O)N1CCc2sccc2C1)NCCN1CCN(Cc2ccccc2)CC1. The van der Waals surface area contributed by atoms with E-state index in [0.29, 0.717) is 19.5 Å². The first-order valence-electron chi connectivity index (χ1n) is 11.3. The van der Waals surface area contributed by atoms with Crippen molar-refractivity contribution in [2.45, 2.75) is 32.4 Å². The normalized spacial score (nSPS) is 17.4. The van der Waals surface area contributed by atoms with Crippen LogP contribution < -0.4 is 5.32 Å². The molecule has 1 aromatic carbocycles. The summed E-state index contributed by atoms with van der Waals surface area (Å²) in [5, 5.41) is 5.08. The summed E-state index contributed by atoms with van der Waals surface area (Å²) in [7, 11) is 0. The number of nitrogens with one attached hydrogen (secondary N) is 1. The number of hydrogen-bond acceptors (Lipinski definition) is 5. The molecular formula is C24H32N4O2S. The fourth-order valence-electron chi connectivity index (χ4n) is 4.29. The number of hydrogen-bond donors (Lipinski definition) is 1. The van der Waals surface area contributed by atoms with Gasteiger partial charge in [0.25, 0.3) is 0 Å². The molecule has 0 radical (unpaired) electrons. The maximum Gasteiger partial charge on any atom is 0.223 e. The van der Waals surface area contributed by atoms with Crippen LogP contribution >= 0.6 is 11.3 Å². The van der Waals surface area contributed by atoms with Crippen molar-refractivity contribution < 1.29 is 9.59 Å². The van der Waals surface area contributed by atoms with Gasteiger partial charge in [0.15, 0.2) is 0 Å². The third-order valence-electron chi connectivity index (χ3n) is 6.19. The Kier molecular flexibility index (Phi) is 7.72. The summed E-state index contributed by atoms with van der Waals surface area (Å²) >= 11 is 1.77. The van der Waals surface area contributed by atoms with Crippen LogP contribution in [-0.2, 0) is 29.1 Å². The first-order chi connectivity index (χ1) is 15.2. The highest BCUT2D eigenvalue weighted by molar-refractivity contribution is 7.10. The van der Waals surface area contributed by atoms with Crippen LogP contribution in [0.1, 0.15) is 28.8 Å². The van der Waals surface area contributed by atoms with E-state index < -0.39 is 0 Å². The van der Waals surface area contributed by atoms with Crippen molar-refractivity contribution in [1.29, 1.82) is 0 Å². The largest absolute Gasteiger partial charge is 0.355 e. The van der Waals surface area contributed by atoms with Crippen molar-refractivity contribution in [3.63, 3.8) is 0 Å². The second kappa shape index (κ2) is 10.9. The zero-order valence-corrected chi connectivity index (χ0v) is 18.9. The number of piperazine rings is 1. The third kappa shape index (κ3) is 6.38. The molecule has 3 heterocycles. The molecule has 31 heavy (non-hydrogen) atoms. The van der Waals surface area contributed by atoms with Gasteiger partial charge in [0, 0.05) is 76.6 Å². The van der Waals surface area contributed by atoms with Crippen molar-refractivity contribution in [2.24, 2.45) is 0 Å². The van der Waals surface area contributed by atoms with E-state index in [4.69, 9.17) is 0 Å². The van der Waals surface area contributed by atoms with Gasteiger partial charge in [-0.2, -0.15) is 0 Å². The Labute approximate surface area is 188 Å². The number of carbonyl (C=O) groups excluding carboxylic acids is 2. The molecule has 0 bridgehead atoms. The molecule has 1 saturated heterocycles. The summed E-state index contributed by atoms with van der Waals surface area (Å²) in [6, 6.07) is 12.7. The lowest BCUT2D eigenvalue weighted by Gasteiger charge is -2.34. The van der Waals surface area contributed by atoms with E-state index in [1.807, 2.05) is 4.90 Å². The van der Waals surface area contributed by atoms with Crippen LogP contribution in [0.4, 0.5) is 0 Å². The number of amides is 2. The Morgan fingerprint density at radius 1 is 0.935 bits per heavy atom. The molecule has 1 fully saturated rings. The van der Waals surface area contributed by atoms with Crippen LogP contribution in [0.5, 0.6) is 0 Å². The Bertz CT molecular complexity index is 861. The predicted molar refractivity (Wildman–Crippen MR) is 124 cm³/mol. The molecule has 166 valence electrons. The minimum atomic E-state index is -0.0238. The molecule has 7 heteroatoms. The van der Waals surface area contributed by atoms with E-state index >= 15 is 0 Å². The van der Waals surface area contributed by atoms with Crippen molar-refractivity contribution in [3.05, 3.63) is 57.8 Å². The van der Waals surface area contributed by atoms with Gasteiger partial charge in [-0.3, -0.25) is 19.4 Å². The molecule has 0 unspecified atom stereocenters. The van der Waals surface area contributed by atoms with Crippen LogP contribution in [0.3, 0.4) is 0 Å². The van der Waals surface area contributed by atoms with Gasteiger partial charge in [-0.25, -0.2) is 0 Å². The summed E-state index contributed by atoms with van der Waals surface area (Å²) < 4.78 is 0. The maximum absolute atomic E-state index is 12.5. The molecule has 4 rings (SSSR count). The molecule has 0 atom stereocenters. The highest BCUT2D eigenvalue weighted by atomic mass is 32.1. The number of nitrogens with zero attached hydrogens (tertiary/aromatic N) is 3. The monoisotopic (exact) mass is 440 g/mol. The lowest BCUT2D eigenvalue weighted by molar-refractivity contribution is -0.134. The van der Waals surface area contributed by atoms with Gasteiger partial charge in [-0.1, -0.05) is 30.3 Å². The Morgan fingerprint density at radius 2 is 1.71 bits per heavy atom. The summed E-state index contributed by atoms with van der Waals surface area (Å²) in [6.07, 6.45) is 1.50. The fraction of sp³-hybridized carbons (Fsp3) is 0.500. The average molecular weight is 441 g/mol. The van der Waals surface area contributed by atoms with Crippen molar-refractivity contribution in [2.75, 3.05) is 45.8 Å². The zero-order valence-electron chi connectivity index (χ0n) is 18.1. The molecule has 2 aliphatic rings. The zero-order chi connectivity index (χ0) is 21.5. The Balaban J connectivity index is 1.07. The minimum absolute atomic E-state index is 0.0238. The number of benzene rings is 1. The molecule has 2 aromatic rings. The van der Waals surface area contributed by atoms with Gasteiger partial charge in [-0.15, -0.1) is 11.3 Å². The van der Waals surface area contributed by atoms with Gasteiger partial charge in [0.2, 0.25) is 11.8 Å². The molecule has 2 amide bonds. The molecule has 0 saturated carbocycles. The number of carbonyl (C=O) groups is 2. The predicted octanol–water partition coefficient (Wildman–Crippen LogP) is 2.35. The highest BCUT2D eigenvalue weighted by Crippen LogP contribution is 2.24. The van der Waals surface area contributed by atoms with Crippen LogP contribution in [-0.4, -0.2) is 72.3 Å². The Hall–Kier alpha value is -2.22. The quantitative estimate of drug-likeness (QED) is 0.685. The van der Waals surface area contributed by atoms with Gasteiger partial charge in [0.1, 0.15) is 0 Å². The topological polar surface area (TPSA) is 55.9 Å². The third-order valence-corrected chi connectivity index (χ3v) is 7.21. The molecule has 1 N–H and O–H groups in total. The summed E-state index contributed by atoms with van der Waals surface area (Å²) in [5.41, 5.74) is 2.62. The van der Waals surface area contributed by atoms with E-state index in [2.05, 4.69) is 56.9 Å². The first-order valence-corrected chi connectivity index (χ1v) is 12.1.